The molecule has 2 N–H and O–H groups in total. The van der Waals surface area contributed by atoms with E-state index in [9.17, 15) is 0 Å². The molecule has 0 amide bonds. The molecule has 0 spiro atoms. The number of fused-ring (bicyclic) bond motifs is 1. The molecule has 5 nitrogen and oxygen atoms in total. The van der Waals surface area contributed by atoms with E-state index in [0.717, 1.165) is 34.0 Å². The molecule has 20 heavy (non-hydrogen) atoms. The molecule has 0 fully saturated rings. The second-order valence-corrected chi connectivity index (χ2v) is 4.58. The third kappa shape index (κ3) is 2.02. The van der Waals surface area contributed by atoms with Gasteiger partial charge in [0.1, 0.15) is 17.2 Å². The zero-order chi connectivity index (χ0) is 14.1. The predicted molar refractivity (Wildman–Crippen MR) is 77.6 cm³/mol. The van der Waals surface area contributed by atoms with Gasteiger partial charge in [-0.25, -0.2) is 9.97 Å². The topological polar surface area (TPSA) is 65.4 Å². The van der Waals surface area contributed by atoms with Gasteiger partial charge in [-0.05, 0) is 24.6 Å². The van der Waals surface area contributed by atoms with Crippen LogP contribution in [0.1, 0.15) is 11.5 Å². The Kier molecular flexibility index (Phi) is 3.12. The van der Waals surface area contributed by atoms with Gasteiger partial charge in [0.05, 0.1) is 12.8 Å². The highest BCUT2D eigenvalue weighted by Crippen LogP contribution is 2.26. The summed E-state index contributed by atoms with van der Waals surface area (Å²) in [5, 5.41) is 0. The highest BCUT2D eigenvalue weighted by atomic mass is 16.5. The second kappa shape index (κ2) is 4.94. The molecule has 2 aromatic heterocycles. The molecule has 0 radical (unpaired) electrons. The number of aromatic nitrogens is 3. The Labute approximate surface area is 117 Å². The standard InChI is InChI=1S/C15H16N4O/c1-10-17-8-14(11-3-5-13(20-2)6-4-11)15-18-12(7-16)9-19(10)15/h3-6,8-9H,7,16H2,1-2H3. The van der Waals surface area contributed by atoms with Gasteiger partial charge in [0, 0.05) is 24.5 Å². The number of nitrogens with two attached hydrogens (primary N) is 1. The fourth-order valence-corrected chi connectivity index (χ4v) is 2.22. The summed E-state index contributed by atoms with van der Waals surface area (Å²) in [5.41, 5.74) is 9.45. The van der Waals surface area contributed by atoms with E-state index in [1.165, 1.54) is 0 Å². The molecule has 1 aromatic carbocycles. The van der Waals surface area contributed by atoms with Crippen molar-refractivity contribution in [2.45, 2.75) is 13.5 Å². The Balaban J connectivity index is 2.19. The van der Waals surface area contributed by atoms with Crippen molar-refractivity contribution < 1.29 is 4.74 Å². The third-order valence-electron chi connectivity index (χ3n) is 3.34. The van der Waals surface area contributed by atoms with Crippen molar-refractivity contribution in [3.8, 4) is 16.9 Å². The lowest BCUT2D eigenvalue weighted by Gasteiger charge is -2.06. The van der Waals surface area contributed by atoms with Gasteiger partial charge >= 0.3 is 0 Å². The molecule has 3 rings (SSSR count). The summed E-state index contributed by atoms with van der Waals surface area (Å²) >= 11 is 0. The van der Waals surface area contributed by atoms with Crippen LogP contribution in [-0.2, 0) is 6.54 Å². The van der Waals surface area contributed by atoms with E-state index >= 15 is 0 Å². The maximum absolute atomic E-state index is 5.68. The van der Waals surface area contributed by atoms with Crippen LogP contribution in [0, 0.1) is 6.92 Å². The van der Waals surface area contributed by atoms with Crippen LogP contribution in [0.2, 0.25) is 0 Å². The van der Waals surface area contributed by atoms with Crippen molar-refractivity contribution in [3.05, 3.63) is 48.2 Å². The minimum Gasteiger partial charge on any atom is -0.497 e. The quantitative estimate of drug-likeness (QED) is 0.790. The van der Waals surface area contributed by atoms with E-state index in [4.69, 9.17) is 10.5 Å². The van der Waals surface area contributed by atoms with Gasteiger partial charge in [-0.2, -0.15) is 0 Å². The van der Waals surface area contributed by atoms with Crippen LogP contribution in [0.5, 0.6) is 5.75 Å². The minimum atomic E-state index is 0.420. The van der Waals surface area contributed by atoms with Crippen LogP contribution in [0.25, 0.3) is 16.8 Å². The number of imidazole rings is 1. The van der Waals surface area contributed by atoms with Crippen LogP contribution < -0.4 is 10.5 Å². The summed E-state index contributed by atoms with van der Waals surface area (Å²) in [6, 6.07) is 7.86. The number of benzene rings is 1. The second-order valence-electron chi connectivity index (χ2n) is 4.58. The monoisotopic (exact) mass is 268 g/mol. The lowest BCUT2D eigenvalue weighted by atomic mass is 10.1. The molecule has 0 saturated heterocycles. The van der Waals surface area contributed by atoms with Crippen molar-refractivity contribution >= 4 is 5.65 Å². The van der Waals surface area contributed by atoms with Crippen molar-refractivity contribution in [3.63, 3.8) is 0 Å². The number of aryl methyl sites for hydroxylation is 1. The number of hydrogen-bond donors (Lipinski definition) is 1. The number of nitrogens with zero attached hydrogens (tertiary/aromatic N) is 3. The van der Waals surface area contributed by atoms with E-state index in [1.807, 2.05) is 48.0 Å². The maximum atomic E-state index is 5.68. The van der Waals surface area contributed by atoms with E-state index in [0.29, 0.717) is 6.54 Å². The van der Waals surface area contributed by atoms with E-state index in [-0.39, 0.29) is 0 Å². The van der Waals surface area contributed by atoms with E-state index < -0.39 is 0 Å². The molecule has 0 bridgehead atoms. The molecular formula is C15H16N4O. The Hall–Kier alpha value is -2.40. The normalized spacial score (nSPS) is 10.9. The third-order valence-corrected chi connectivity index (χ3v) is 3.34. The largest absolute Gasteiger partial charge is 0.497 e. The molecule has 0 saturated carbocycles. The molecular weight excluding hydrogens is 252 g/mol. The average Bonchev–Trinajstić information content (AvgIpc) is 2.93. The van der Waals surface area contributed by atoms with Crippen LogP contribution in [0.4, 0.5) is 0 Å². The Morgan fingerprint density at radius 1 is 1.25 bits per heavy atom. The fraction of sp³-hybridized carbons (Fsp3) is 0.200. The molecule has 2 heterocycles. The van der Waals surface area contributed by atoms with Crippen molar-refractivity contribution in [2.24, 2.45) is 5.73 Å². The van der Waals surface area contributed by atoms with Gasteiger partial charge in [0.15, 0.2) is 0 Å². The number of hydrogen-bond acceptors (Lipinski definition) is 4. The van der Waals surface area contributed by atoms with Gasteiger partial charge < -0.3 is 10.5 Å². The van der Waals surface area contributed by atoms with Crippen LogP contribution in [0.15, 0.2) is 36.7 Å². The molecule has 5 heteroatoms. The first kappa shape index (κ1) is 12.6. The maximum Gasteiger partial charge on any atom is 0.147 e. The summed E-state index contributed by atoms with van der Waals surface area (Å²) < 4.78 is 7.15. The van der Waals surface area contributed by atoms with Crippen LogP contribution >= 0.6 is 0 Å². The van der Waals surface area contributed by atoms with E-state index in [2.05, 4.69) is 9.97 Å². The summed E-state index contributed by atoms with van der Waals surface area (Å²) in [6.45, 7) is 2.37. The van der Waals surface area contributed by atoms with E-state index in [1.54, 1.807) is 7.11 Å². The van der Waals surface area contributed by atoms with Gasteiger partial charge in [-0.1, -0.05) is 12.1 Å². The SMILES string of the molecule is COc1ccc(-c2cnc(C)n3cc(CN)nc23)cc1. The minimum absolute atomic E-state index is 0.420. The highest BCUT2D eigenvalue weighted by Gasteiger charge is 2.10. The Bertz CT molecular complexity index is 746. The summed E-state index contributed by atoms with van der Waals surface area (Å²) in [7, 11) is 1.66. The molecule has 0 atom stereocenters. The van der Waals surface area contributed by atoms with Gasteiger partial charge in [-0.3, -0.25) is 4.40 Å². The van der Waals surface area contributed by atoms with Crippen molar-refractivity contribution in [1.29, 1.82) is 0 Å². The van der Waals surface area contributed by atoms with Crippen LogP contribution in [-0.4, -0.2) is 21.5 Å². The molecule has 3 aromatic rings. The molecule has 0 aliphatic rings. The smallest absolute Gasteiger partial charge is 0.147 e. The van der Waals surface area contributed by atoms with Crippen LogP contribution in [0.3, 0.4) is 0 Å². The summed E-state index contributed by atoms with van der Waals surface area (Å²) in [5.74, 6) is 1.72. The Morgan fingerprint density at radius 2 is 2.00 bits per heavy atom. The molecule has 0 aliphatic heterocycles. The summed E-state index contributed by atoms with van der Waals surface area (Å²) in [6.07, 6.45) is 3.78. The lowest BCUT2D eigenvalue weighted by molar-refractivity contribution is 0.415. The summed E-state index contributed by atoms with van der Waals surface area (Å²) in [4.78, 5) is 9.00. The lowest BCUT2D eigenvalue weighted by Crippen LogP contribution is -1.96. The number of ether oxygens (including phenoxy) is 1. The Morgan fingerprint density at radius 3 is 2.65 bits per heavy atom. The first-order valence-electron chi connectivity index (χ1n) is 6.41. The van der Waals surface area contributed by atoms with Crippen molar-refractivity contribution in [2.75, 3.05) is 7.11 Å². The molecule has 102 valence electrons. The van der Waals surface area contributed by atoms with Gasteiger partial charge in [-0.15, -0.1) is 0 Å². The predicted octanol–water partition coefficient (Wildman–Crippen LogP) is 2.17. The zero-order valence-electron chi connectivity index (χ0n) is 11.5. The highest BCUT2D eigenvalue weighted by molar-refractivity contribution is 5.77. The van der Waals surface area contributed by atoms with Gasteiger partial charge in [0.2, 0.25) is 0 Å². The first-order chi connectivity index (χ1) is 9.72. The average molecular weight is 268 g/mol. The fourth-order valence-electron chi connectivity index (χ4n) is 2.22. The zero-order valence-corrected chi connectivity index (χ0v) is 11.5. The molecule has 0 unspecified atom stereocenters. The number of rotatable bonds is 3. The number of methoxy groups -OCH3 is 1. The first-order valence-corrected chi connectivity index (χ1v) is 6.41. The molecule has 0 aliphatic carbocycles. The van der Waals surface area contributed by atoms with Gasteiger partial charge in [0.25, 0.3) is 0 Å². The van der Waals surface area contributed by atoms with Crippen molar-refractivity contribution in [1.82, 2.24) is 14.4 Å².